The third-order valence-corrected chi connectivity index (χ3v) is 3.96. The first-order valence-corrected chi connectivity index (χ1v) is 7.59. The highest BCUT2D eigenvalue weighted by atomic mass is 16.3. The van der Waals surface area contributed by atoms with Crippen LogP contribution in [0.3, 0.4) is 0 Å². The third kappa shape index (κ3) is 4.11. The summed E-state index contributed by atoms with van der Waals surface area (Å²) in [6, 6.07) is 8.15. The van der Waals surface area contributed by atoms with E-state index in [-0.39, 0.29) is 18.7 Å². The first-order valence-electron chi connectivity index (χ1n) is 7.59. The van der Waals surface area contributed by atoms with Gasteiger partial charge in [0.15, 0.2) is 0 Å². The average molecular weight is 291 g/mol. The van der Waals surface area contributed by atoms with Crippen molar-refractivity contribution in [3.05, 3.63) is 29.8 Å². The number of likely N-dealkylation sites (N-methyl/N-ethyl adjacent to an activating group) is 1. The summed E-state index contributed by atoms with van der Waals surface area (Å²) >= 11 is 0. The van der Waals surface area contributed by atoms with Gasteiger partial charge in [-0.2, -0.15) is 0 Å². The molecule has 0 spiro atoms. The number of nitrogens with one attached hydrogen (secondary N) is 1. The maximum Gasteiger partial charge on any atom is 0.317 e. The number of hydrogen-bond donors (Lipinski definition) is 2. The van der Waals surface area contributed by atoms with E-state index in [0.717, 1.165) is 18.7 Å². The van der Waals surface area contributed by atoms with Crippen LogP contribution in [0.4, 0.5) is 10.5 Å². The number of rotatable bonds is 5. The summed E-state index contributed by atoms with van der Waals surface area (Å²) in [6.07, 6.45) is 2.50. The van der Waals surface area contributed by atoms with Crippen LogP contribution in [0.1, 0.15) is 31.4 Å². The first kappa shape index (κ1) is 15.6. The number of urea groups is 1. The summed E-state index contributed by atoms with van der Waals surface area (Å²) in [4.78, 5) is 15.8. The van der Waals surface area contributed by atoms with E-state index in [4.69, 9.17) is 5.11 Å². The lowest BCUT2D eigenvalue weighted by Crippen LogP contribution is -2.39. The zero-order valence-corrected chi connectivity index (χ0v) is 12.9. The fourth-order valence-corrected chi connectivity index (χ4v) is 2.60. The summed E-state index contributed by atoms with van der Waals surface area (Å²) < 4.78 is 0. The summed E-state index contributed by atoms with van der Waals surface area (Å²) in [5.74, 6) is 0. The molecule has 1 aliphatic rings. The highest BCUT2D eigenvalue weighted by Crippen LogP contribution is 2.23. The van der Waals surface area contributed by atoms with Gasteiger partial charge in [-0.05, 0) is 37.5 Å². The predicted octanol–water partition coefficient (Wildman–Crippen LogP) is 1.98. The van der Waals surface area contributed by atoms with Gasteiger partial charge in [0.1, 0.15) is 0 Å². The van der Waals surface area contributed by atoms with Gasteiger partial charge in [-0.3, -0.25) is 0 Å². The van der Waals surface area contributed by atoms with Crippen molar-refractivity contribution in [1.82, 2.24) is 10.2 Å². The molecule has 1 heterocycles. The van der Waals surface area contributed by atoms with Gasteiger partial charge in [0.25, 0.3) is 0 Å². The van der Waals surface area contributed by atoms with E-state index in [2.05, 4.69) is 22.3 Å². The molecule has 1 aromatic rings. The van der Waals surface area contributed by atoms with E-state index in [9.17, 15) is 4.79 Å². The van der Waals surface area contributed by atoms with Gasteiger partial charge in [0, 0.05) is 32.4 Å². The highest BCUT2D eigenvalue weighted by Gasteiger charge is 2.16. The van der Waals surface area contributed by atoms with Crippen LogP contribution in [-0.4, -0.2) is 49.3 Å². The molecule has 0 radical (unpaired) electrons. The molecule has 0 saturated carbocycles. The fourth-order valence-electron chi connectivity index (χ4n) is 2.60. The highest BCUT2D eigenvalue weighted by molar-refractivity contribution is 5.74. The maximum absolute atomic E-state index is 12.0. The number of hydrogen-bond acceptors (Lipinski definition) is 3. The Labute approximate surface area is 126 Å². The largest absolute Gasteiger partial charge is 0.395 e. The molecule has 1 fully saturated rings. The summed E-state index contributed by atoms with van der Waals surface area (Å²) in [6.45, 7) is 4.52. The molecule has 21 heavy (non-hydrogen) atoms. The Balaban J connectivity index is 2.00. The Kier molecular flexibility index (Phi) is 5.44. The van der Waals surface area contributed by atoms with E-state index in [1.807, 2.05) is 19.1 Å². The smallest absolute Gasteiger partial charge is 0.317 e. The van der Waals surface area contributed by atoms with Crippen LogP contribution in [0.5, 0.6) is 0 Å². The molecule has 116 valence electrons. The van der Waals surface area contributed by atoms with E-state index in [0.29, 0.717) is 6.54 Å². The Hall–Kier alpha value is -1.75. The number of aliphatic hydroxyl groups excluding tert-OH is 1. The van der Waals surface area contributed by atoms with Crippen molar-refractivity contribution in [2.24, 2.45) is 0 Å². The summed E-state index contributed by atoms with van der Waals surface area (Å²) in [5.41, 5.74) is 2.33. The van der Waals surface area contributed by atoms with Crippen molar-refractivity contribution in [3.8, 4) is 0 Å². The second kappa shape index (κ2) is 7.31. The number of benzene rings is 1. The van der Waals surface area contributed by atoms with Crippen molar-refractivity contribution in [2.75, 3.05) is 38.2 Å². The van der Waals surface area contributed by atoms with Crippen molar-refractivity contribution in [2.45, 2.75) is 25.8 Å². The van der Waals surface area contributed by atoms with E-state index < -0.39 is 0 Å². The molecule has 5 heteroatoms. The molecule has 2 N–H and O–H groups in total. The van der Waals surface area contributed by atoms with Gasteiger partial charge in [0.05, 0.1) is 12.6 Å². The Morgan fingerprint density at radius 3 is 2.81 bits per heavy atom. The molecular weight excluding hydrogens is 266 g/mol. The Morgan fingerprint density at radius 1 is 1.43 bits per heavy atom. The number of aliphatic hydroxyl groups is 1. The number of carbonyl (C=O) groups is 1. The van der Waals surface area contributed by atoms with Crippen LogP contribution in [0.15, 0.2) is 24.3 Å². The van der Waals surface area contributed by atoms with Crippen molar-refractivity contribution < 1.29 is 9.90 Å². The molecule has 0 aliphatic carbocycles. The number of carbonyl (C=O) groups excluding carboxylic acids is 1. The number of amides is 2. The monoisotopic (exact) mass is 291 g/mol. The molecular formula is C16H25N3O2. The second-order valence-corrected chi connectivity index (χ2v) is 5.61. The van der Waals surface area contributed by atoms with Gasteiger partial charge in [-0.25, -0.2) is 4.79 Å². The lowest BCUT2D eigenvalue weighted by Gasteiger charge is -2.23. The third-order valence-electron chi connectivity index (χ3n) is 3.96. The fraction of sp³-hybridized carbons (Fsp3) is 0.562. The van der Waals surface area contributed by atoms with Crippen LogP contribution in [0.2, 0.25) is 0 Å². The lowest BCUT2D eigenvalue weighted by molar-refractivity contribution is 0.188. The van der Waals surface area contributed by atoms with E-state index >= 15 is 0 Å². The summed E-state index contributed by atoms with van der Waals surface area (Å²) in [5, 5.41) is 11.8. The van der Waals surface area contributed by atoms with E-state index in [1.54, 1.807) is 7.05 Å². The zero-order chi connectivity index (χ0) is 15.2. The molecule has 1 atom stereocenters. The lowest BCUT2D eigenvalue weighted by atomic mass is 10.1. The van der Waals surface area contributed by atoms with Crippen molar-refractivity contribution in [3.63, 3.8) is 0 Å². The molecule has 1 unspecified atom stereocenters. The Morgan fingerprint density at radius 2 is 2.14 bits per heavy atom. The molecule has 1 aliphatic heterocycles. The normalized spacial score (nSPS) is 15.9. The van der Waals surface area contributed by atoms with Crippen molar-refractivity contribution >= 4 is 11.7 Å². The molecule has 5 nitrogen and oxygen atoms in total. The zero-order valence-electron chi connectivity index (χ0n) is 12.9. The van der Waals surface area contributed by atoms with Gasteiger partial charge in [-0.1, -0.05) is 12.1 Å². The van der Waals surface area contributed by atoms with Crippen LogP contribution in [0.25, 0.3) is 0 Å². The maximum atomic E-state index is 12.0. The topological polar surface area (TPSA) is 55.8 Å². The standard InChI is InChI=1S/C16H25N3O2/c1-13(17-16(21)18(2)10-11-20)14-6-5-7-15(12-14)19-8-3-4-9-19/h5-7,12-13,20H,3-4,8-11H2,1-2H3,(H,17,21). The average Bonchev–Trinajstić information content (AvgIpc) is 3.01. The first-order chi connectivity index (χ1) is 10.1. The van der Waals surface area contributed by atoms with Gasteiger partial charge < -0.3 is 20.2 Å². The minimum absolute atomic E-state index is 0.0251. The molecule has 0 bridgehead atoms. The van der Waals surface area contributed by atoms with Gasteiger partial charge in [0.2, 0.25) is 0 Å². The molecule has 1 saturated heterocycles. The van der Waals surface area contributed by atoms with Crippen molar-refractivity contribution in [1.29, 1.82) is 0 Å². The predicted molar refractivity (Wildman–Crippen MR) is 84.6 cm³/mol. The van der Waals surface area contributed by atoms with Crippen LogP contribution in [0, 0.1) is 0 Å². The van der Waals surface area contributed by atoms with E-state index in [1.165, 1.54) is 23.4 Å². The number of anilines is 1. The second-order valence-electron chi connectivity index (χ2n) is 5.61. The Bertz CT molecular complexity index is 472. The SMILES string of the molecule is CC(NC(=O)N(C)CCO)c1cccc(N2CCCC2)c1. The van der Waals surface area contributed by atoms with Crippen LogP contribution in [-0.2, 0) is 0 Å². The minimum atomic E-state index is -0.164. The summed E-state index contributed by atoms with van der Waals surface area (Å²) in [7, 11) is 1.68. The quantitative estimate of drug-likeness (QED) is 0.872. The molecule has 2 amide bonds. The van der Waals surface area contributed by atoms with Crippen LogP contribution < -0.4 is 10.2 Å². The molecule has 2 rings (SSSR count). The molecule has 1 aromatic carbocycles. The minimum Gasteiger partial charge on any atom is -0.395 e. The van der Waals surface area contributed by atoms with Crippen LogP contribution >= 0.6 is 0 Å². The number of nitrogens with zero attached hydrogens (tertiary/aromatic N) is 2. The van der Waals surface area contributed by atoms with Gasteiger partial charge >= 0.3 is 6.03 Å². The van der Waals surface area contributed by atoms with Gasteiger partial charge in [-0.15, -0.1) is 0 Å². The molecule has 0 aromatic heterocycles.